The van der Waals surface area contributed by atoms with Gasteiger partial charge in [-0.2, -0.15) is 15.2 Å². The van der Waals surface area contributed by atoms with Crippen LogP contribution in [0.1, 0.15) is 36.8 Å². The highest BCUT2D eigenvalue weighted by atomic mass is 19.1. The van der Waals surface area contributed by atoms with E-state index in [1.54, 1.807) is 24.7 Å². The number of methoxy groups -OCH3 is 1. The molecule has 0 saturated heterocycles. The molecule has 3 aromatic rings. The maximum Gasteiger partial charge on any atom is 0.231 e. The van der Waals surface area contributed by atoms with Crippen LogP contribution in [-0.4, -0.2) is 34.3 Å². The molecule has 8 nitrogen and oxygen atoms in total. The summed E-state index contributed by atoms with van der Waals surface area (Å²) in [5.41, 5.74) is 2.53. The zero-order valence-corrected chi connectivity index (χ0v) is 16.9. The van der Waals surface area contributed by atoms with Crippen LogP contribution in [-0.2, 0) is 0 Å². The van der Waals surface area contributed by atoms with Gasteiger partial charge in [0.25, 0.3) is 0 Å². The van der Waals surface area contributed by atoms with Crippen LogP contribution in [0.15, 0.2) is 29.5 Å². The van der Waals surface area contributed by atoms with Crippen molar-refractivity contribution in [2.24, 2.45) is 4.99 Å². The molecule has 0 unspecified atom stereocenters. The number of aromatic amines is 1. The lowest BCUT2D eigenvalue weighted by atomic mass is 10.0. The van der Waals surface area contributed by atoms with Crippen LogP contribution >= 0.6 is 0 Å². The van der Waals surface area contributed by atoms with Gasteiger partial charge < -0.3 is 20.4 Å². The van der Waals surface area contributed by atoms with Gasteiger partial charge in [-0.3, -0.25) is 4.99 Å². The molecule has 5 rings (SSSR count). The average Bonchev–Trinajstić information content (AvgIpc) is 3.38. The Kier molecular flexibility index (Phi) is 4.75. The molecule has 156 valence electrons. The largest absolute Gasteiger partial charge is 0.495 e. The van der Waals surface area contributed by atoms with Crippen molar-refractivity contribution in [2.45, 2.75) is 31.7 Å². The summed E-state index contributed by atoms with van der Waals surface area (Å²) in [5, 5.41) is 16.7. The predicted molar refractivity (Wildman–Crippen MR) is 117 cm³/mol. The molecule has 31 heavy (non-hydrogen) atoms. The number of rotatable bonds is 6. The minimum atomic E-state index is -0.405. The number of allylic oxidation sites excluding steroid dienone is 1. The zero-order valence-electron chi connectivity index (χ0n) is 16.9. The van der Waals surface area contributed by atoms with Gasteiger partial charge in [0.15, 0.2) is 0 Å². The second-order valence-corrected chi connectivity index (χ2v) is 7.58. The van der Waals surface area contributed by atoms with Gasteiger partial charge in [-0.05, 0) is 18.9 Å². The van der Waals surface area contributed by atoms with Gasteiger partial charge in [0.05, 0.1) is 23.7 Å². The molecule has 2 aromatic heterocycles. The van der Waals surface area contributed by atoms with E-state index in [1.807, 2.05) is 0 Å². The molecule has 1 fully saturated rings. The molecule has 0 spiro atoms. The Morgan fingerprint density at radius 3 is 2.74 bits per heavy atom. The van der Waals surface area contributed by atoms with Crippen LogP contribution in [0.5, 0.6) is 5.75 Å². The van der Waals surface area contributed by atoms with E-state index in [9.17, 15) is 9.65 Å². The fourth-order valence-corrected chi connectivity index (χ4v) is 3.99. The number of nitriles is 1. The van der Waals surface area contributed by atoms with E-state index in [2.05, 4.69) is 36.6 Å². The van der Waals surface area contributed by atoms with Crippen molar-refractivity contribution in [3.8, 4) is 11.8 Å². The Morgan fingerprint density at radius 1 is 1.26 bits per heavy atom. The summed E-state index contributed by atoms with van der Waals surface area (Å²) in [7, 11) is 1.52. The third-order valence-corrected chi connectivity index (χ3v) is 5.62. The second kappa shape index (κ2) is 7.72. The normalized spacial score (nSPS) is 15.5. The maximum atomic E-state index is 14.7. The molecular weight excluding hydrogens is 397 g/mol. The van der Waals surface area contributed by atoms with Gasteiger partial charge in [0, 0.05) is 41.9 Å². The summed E-state index contributed by atoms with van der Waals surface area (Å²) in [6, 6.07) is 5.46. The highest BCUT2D eigenvalue weighted by Gasteiger charge is 2.21. The fourth-order valence-electron chi connectivity index (χ4n) is 3.99. The first-order valence-corrected chi connectivity index (χ1v) is 10.1. The molecule has 0 bridgehead atoms. The lowest BCUT2D eigenvalue weighted by molar-refractivity contribution is 0.415. The van der Waals surface area contributed by atoms with Gasteiger partial charge in [-0.1, -0.05) is 12.8 Å². The van der Waals surface area contributed by atoms with Crippen molar-refractivity contribution < 1.29 is 9.13 Å². The first-order valence-electron chi connectivity index (χ1n) is 10.1. The van der Waals surface area contributed by atoms with E-state index >= 15 is 0 Å². The molecule has 3 N–H and O–H groups in total. The van der Waals surface area contributed by atoms with E-state index in [-0.39, 0.29) is 5.95 Å². The lowest BCUT2D eigenvalue weighted by Gasteiger charge is -2.17. The van der Waals surface area contributed by atoms with Gasteiger partial charge in [-0.25, -0.2) is 4.39 Å². The first-order chi connectivity index (χ1) is 15.2. The monoisotopic (exact) mass is 417 g/mol. The quantitative estimate of drug-likeness (QED) is 0.545. The Morgan fingerprint density at radius 2 is 2.06 bits per heavy atom. The third-order valence-electron chi connectivity index (χ3n) is 5.62. The number of halogens is 1. The Hall–Kier alpha value is -3.93. The SMILES string of the molecule is COc1cc(C2=CN=C2)c(F)cc1Nc1nc(NC2CCCC2)c2c(C#N)c[nH]c2n1. The number of hydrogen-bond donors (Lipinski definition) is 3. The topological polar surface area (TPSA) is 111 Å². The second-order valence-electron chi connectivity index (χ2n) is 7.58. The molecule has 0 atom stereocenters. The van der Waals surface area contributed by atoms with E-state index in [0.717, 1.165) is 12.8 Å². The van der Waals surface area contributed by atoms with Crippen molar-refractivity contribution in [1.29, 1.82) is 5.26 Å². The lowest BCUT2D eigenvalue weighted by Crippen LogP contribution is -2.16. The number of nitrogens with zero attached hydrogens (tertiary/aromatic N) is 4. The average molecular weight is 417 g/mol. The minimum Gasteiger partial charge on any atom is -0.495 e. The van der Waals surface area contributed by atoms with Crippen LogP contribution < -0.4 is 15.4 Å². The van der Waals surface area contributed by atoms with Crippen molar-refractivity contribution in [2.75, 3.05) is 17.7 Å². The Labute approximate surface area is 177 Å². The summed E-state index contributed by atoms with van der Waals surface area (Å²) in [4.78, 5) is 16.0. The molecule has 2 aliphatic rings. The molecule has 1 aromatic carbocycles. The number of hydrogen-bond acceptors (Lipinski definition) is 7. The Bertz CT molecular complexity index is 1270. The number of benzene rings is 1. The van der Waals surface area contributed by atoms with Crippen molar-refractivity contribution >= 4 is 40.3 Å². The van der Waals surface area contributed by atoms with Crippen LogP contribution in [0.25, 0.3) is 16.6 Å². The number of ether oxygens (including phenoxy) is 1. The van der Waals surface area contributed by atoms with Gasteiger partial charge in [-0.15, -0.1) is 0 Å². The van der Waals surface area contributed by atoms with Crippen LogP contribution in [0, 0.1) is 17.1 Å². The van der Waals surface area contributed by atoms with E-state index in [4.69, 9.17) is 4.74 Å². The summed E-state index contributed by atoms with van der Waals surface area (Å²) in [5.74, 6) is 0.909. The van der Waals surface area contributed by atoms with Crippen molar-refractivity contribution in [1.82, 2.24) is 15.0 Å². The van der Waals surface area contributed by atoms with Crippen LogP contribution in [0.4, 0.5) is 21.8 Å². The molecule has 1 saturated carbocycles. The Balaban J connectivity index is 1.53. The van der Waals surface area contributed by atoms with Crippen LogP contribution in [0.2, 0.25) is 0 Å². The van der Waals surface area contributed by atoms with Gasteiger partial charge in [0.2, 0.25) is 5.95 Å². The molecule has 0 radical (unpaired) electrons. The maximum absolute atomic E-state index is 14.7. The van der Waals surface area contributed by atoms with Crippen molar-refractivity contribution in [3.63, 3.8) is 0 Å². The highest BCUT2D eigenvalue weighted by Crippen LogP contribution is 2.35. The predicted octanol–water partition coefficient (Wildman–Crippen LogP) is 4.50. The fraction of sp³-hybridized carbons (Fsp3) is 0.273. The minimum absolute atomic E-state index is 0.272. The van der Waals surface area contributed by atoms with Gasteiger partial charge >= 0.3 is 0 Å². The van der Waals surface area contributed by atoms with Crippen molar-refractivity contribution in [3.05, 3.63) is 41.5 Å². The molecular formula is C22H20FN7O. The summed E-state index contributed by atoms with van der Waals surface area (Å²) in [6.45, 7) is 0. The number of H-pyrrole nitrogens is 1. The number of fused-ring (bicyclic) bond motifs is 1. The third kappa shape index (κ3) is 3.46. The highest BCUT2D eigenvalue weighted by molar-refractivity contribution is 6.14. The number of anilines is 3. The van der Waals surface area contributed by atoms with Gasteiger partial charge in [0.1, 0.15) is 29.1 Å². The molecule has 1 aliphatic heterocycles. The summed E-state index contributed by atoms with van der Waals surface area (Å²) in [6.07, 6.45) is 9.26. The van der Waals surface area contributed by atoms with E-state index < -0.39 is 5.82 Å². The molecule has 3 heterocycles. The van der Waals surface area contributed by atoms with E-state index in [0.29, 0.717) is 51.0 Å². The molecule has 0 amide bonds. The number of nitrogens with one attached hydrogen (secondary N) is 3. The zero-order chi connectivity index (χ0) is 21.4. The smallest absolute Gasteiger partial charge is 0.231 e. The molecule has 9 heteroatoms. The molecule has 1 aliphatic carbocycles. The van der Waals surface area contributed by atoms with Crippen LogP contribution in [0.3, 0.4) is 0 Å². The standard InChI is InChI=1S/C22H20FN7O/c1-31-18-6-15(13-9-25-10-13)16(23)7-17(18)28-22-29-20-19(12(8-24)11-26-20)21(30-22)27-14-4-2-3-5-14/h6-7,9-11,14H,2-5H2,1H3,(H3,26,27,28,29,30). The summed E-state index contributed by atoms with van der Waals surface area (Å²) >= 11 is 0. The number of aliphatic imine (C=N–C) groups is 1. The van der Waals surface area contributed by atoms with E-state index in [1.165, 1.54) is 26.0 Å². The first kappa shape index (κ1) is 19.1. The summed E-state index contributed by atoms with van der Waals surface area (Å²) < 4.78 is 20.2. The number of aromatic nitrogens is 3.